The Labute approximate surface area is 121 Å². The van der Waals surface area contributed by atoms with Crippen molar-refractivity contribution in [3.05, 3.63) is 61.5 Å². The van der Waals surface area contributed by atoms with Crippen LogP contribution in [0.4, 0.5) is 4.39 Å². The Morgan fingerprint density at radius 2 is 2.11 bits per heavy atom. The van der Waals surface area contributed by atoms with E-state index in [1.54, 1.807) is 30.3 Å². The minimum atomic E-state index is -0.330. The predicted octanol–water partition coefficient (Wildman–Crippen LogP) is 5.20. The molecule has 5 heteroatoms. The van der Waals surface area contributed by atoms with Crippen LogP contribution in [0.2, 0.25) is 4.34 Å². The van der Waals surface area contributed by atoms with Gasteiger partial charge in [0.15, 0.2) is 5.78 Å². The Morgan fingerprint density at radius 1 is 1.33 bits per heavy atom. The molecule has 0 unspecified atom stereocenters. The van der Waals surface area contributed by atoms with E-state index in [0.29, 0.717) is 13.7 Å². The van der Waals surface area contributed by atoms with Crippen molar-refractivity contribution in [3.8, 4) is 0 Å². The van der Waals surface area contributed by atoms with Crippen LogP contribution in [0.3, 0.4) is 0 Å². The van der Waals surface area contributed by atoms with Gasteiger partial charge in [-0.15, -0.1) is 11.3 Å². The maximum absolute atomic E-state index is 13.0. The summed E-state index contributed by atoms with van der Waals surface area (Å²) in [6.07, 6.45) is 3.09. The van der Waals surface area contributed by atoms with Gasteiger partial charge in [-0.25, -0.2) is 4.39 Å². The molecule has 1 aromatic carbocycles. The predicted molar refractivity (Wildman–Crippen MR) is 76.8 cm³/mol. The number of carbonyl (C=O) groups excluding carboxylic acids is 1. The number of thiophene rings is 1. The number of halogens is 3. The van der Waals surface area contributed by atoms with Crippen LogP contribution in [0.25, 0.3) is 6.08 Å². The van der Waals surface area contributed by atoms with Gasteiger partial charge in [-0.2, -0.15) is 0 Å². The van der Waals surface area contributed by atoms with E-state index in [2.05, 4.69) is 15.9 Å². The number of hydrogen-bond acceptors (Lipinski definition) is 2. The van der Waals surface area contributed by atoms with E-state index >= 15 is 0 Å². The fraction of sp³-hybridized carbons (Fsp3) is 0. The number of hydrogen-bond donors (Lipinski definition) is 0. The highest BCUT2D eigenvalue weighted by atomic mass is 79.9. The monoisotopic (exact) mass is 344 g/mol. The van der Waals surface area contributed by atoms with E-state index < -0.39 is 0 Å². The van der Waals surface area contributed by atoms with E-state index in [1.807, 2.05) is 0 Å². The number of carbonyl (C=O) groups is 1. The minimum absolute atomic E-state index is 0.118. The summed E-state index contributed by atoms with van der Waals surface area (Å²) in [5.41, 5.74) is 0.749. The topological polar surface area (TPSA) is 17.1 Å². The molecule has 0 aliphatic rings. The van der Waals surface area contributed by atoms with E-state index in [-0.39, 0.29) is 11.6 Å². The maximum Gasteiger partial charge on any atom is 0.195 e. The molecular weight excluding hydrogens is 339 g/mol. The molecule has 0 aliphatic carbocycles. The molecule has 0 N–H and O–H groups in total. The molecule has 0 amide bonds. The number of rotatable bonds is 3. The molecule has 1 nitrogen and oxygen atoms in total. The molecule has 0 spiro atoms. The zero-order valence-electron chi connectivity index (χ0n) is 8.99. The highest BCUT2D eigenvalue weighted by Crippen LogP contribution is 2.22. The summed E-state index contributed by atoms with van der Waals surface area (Å²) in [5.74, 6) is -0.448. The van der Waals surface area contributed by atoms with E-state index in [4.69, 9.17) is 11.6 Å². The van der Waals surface area contributed by atoms with Gasteiger partial charge in [0.1, 0.15) is 5.82 Å². The quantitative estimate of drug-likeness (QED) is 0.552. The first kappa shape index (κ1) is 13.5. The highest BCUT2D eigenvalue weighted by molar-refractivity contribution is 9.10. The molecule has 0 aliphatic heterocycles. The lowest BCUT2D eigenvalue weighted by Crippen LogP contribution is -1.88. The normalized spacial score (nSPS) is 11.1. The summed E-state index contributed by atoms with van der Waals surface area (Å²) < 4.78 is 14.0. The van der Waals surface area contributed by atoms with E-state index in [9.17, 15) is 9.18 Å². The highest BCUT2D eigenvalue weighted by Gasteiger charge is 2.05. The molecular formula is C13H7BrClFOS. The molecule has 2 aromatic rings. The van der Waals surface area contributed by atoms with Crippen molar-refractivity contribution in [1.82, 2.24) is 0 Å². The van der Waals surface area contributed by atoms with Gasteiger partial charge < -0.3 is 0 Å². The van der Waals surface area contributed by atoms with Gasteiger partial charge in [-0.1, -0.05) is 23.7 Å². The molecule has 0 fully saturated rings. The zero-order chi connectivity index (χ0) is 13.1. The van der Waals surface area contributed by atoms with E-state index in [1.165, 1.54) is 23.5 Å². The largest absolute Gasteiger partial charge is 0.288 e. The Morgan fingerprint density at radius 3 is 2.72 bits per heavy atom. The second-order valence-corrected chi connectivity index (χ2v) is 6.04. The summed E-state index contributed by atoms with van der Waals surface area (Å²) in [5, 5.41) is 0. The van der Waals surface area contributed by atoms with Crippen LogP contribution in [0, 0.1) is 5.82 Å². The second-order valence-electron chi connectivity index (χ2n) is 3.47. The average Bonchev–Trinajstić information content (AvgIpc) is 2.77. The average molecular weight is 346 g/mol. The van der Waals surface area contributed by atoms with Gasteiger partial charge in [0.05, 0.1) is 13.7 Å². The van der Waals surface area contributed by atoms with Gasteiger partial charge in [-0.05, 0) is 51.8 Å². The van der Waals surface area contributed by atoms with Gasteiger partial charge >= 0.3 is 0 Å². The SMILES string of the molecule is O=C(/C=C/c1ccc(F)c(Br)c1)c1ccc(Cl)s1. The zero-order valence-corrected chi connectivity index (χ0v) is 12.2. The third-order valence-corrected chi connectivity index (χ3v) is 4.04. The first-order valence-corrected chi connectivity index (χ1v) is 6.98. The van der Waals surface area contributed by atoms with Crippen molar-refractivity contribution in [2.75, 3.05) is 0 Å². The summed E-state index contributed by atoms with van der Waals surface area (Å²) >= 11 is 10.1. The lowest BCUT2D eigenvalue weighted by Gasteiger charge is -1.96. The van der Waals surface area contributed by atoms with Crippen LogP contribution in [-0.4, -0.2) is 5.78 Å². The van der Waals surface area contributed by atoms with Crippen LogP contribution in [0.15, 0.2) is 40.9 Å². The number of allylic oxidation sites excluding steroid dienone is 1. The van der Waals surface area contributed by atoms with E-state index in [0.717, 1.165) is 5.56 Å². The fourth-order valence-electron chi connectivity index (χ4n) is 1.32. The van der Waals surface area contributed by atoms with Crippen LogP contribution < -0.4 is 0 Å². The summed E-state index contributed by atoms with van der Waals surface area (Å²) in [7, 11) is 0. The third-order valence-electron chi connectivity index (χ3n) is 2.19. The third kappa shape index (κ3) is 3.28. The van der Waals surface area contributed by atoms with Gasteiger partial charge in [0.2, 0.25) is 0 Å². The van der Waals surface area contributed by atoms with Crippen molar-refractivity contribution in [3.63, 3.8) is 0 Å². The first-order chi connectivity index (χ1) is 8.56. The van der Waals surface area contributed by atoms with Crippen LogP contribution >= 0.6 is 38.9 Å². The van der Waals surface area contributed by atoms with Gasteiger partial charge in [0.25, 0.3) is 0 Å². The van der Waals surface area contributed by atoms with Crippen LogP contribution in [0.1, 0.15) is 15.2 Å². The summed E-state index contributed by atoms with van der Waals surface area (Å²) in [6.45, 7) is 0. The van der Waals surface area contributed by atoms with Gasteiger partial charge in [0, 0.05) is 0 Å². The van der Waals surface area contributed by atoms with Crippen molar-refractivity contribution in [2.24, 2.45) is 0 Å². The molecule has 0 radical (unpaired) electrons. The van der Waals surface area contributed by atoms with Crippen LogP contribution in [-0.2, 0) is 0 Å². The number of benzene rings is 1. The molecule has 0 saturated heterocycles. The Kier molecular flexibility index (Phi) is 4.32. The van der Waals surface area contributed by atoms with Gasteiger partial charge in [-0.3, -0.25) is 4.79 Å². The Hall–Kier alpha value is -0.970. The molecule has 92 valence electrons. The molecule has 0 saturated carbocycles. The number of ketones is 1. The molecule has 1 aromatic heterocycles. The van der Waals surface area contributed by atoms with Crippen molar-refractivity contribution in [2.45, 2.75) is 0 Å². The Balaban J connectivity index is 2.15. The van der Waals surface area contributed by atoms with Crippen molar-refractivity contribution in [1.29, 1.82) is 0 Å². The summed E-state index contributed by atoms with van der Waals surface area (Å²) in [4.78, 5) is 12.3. The van der Waals surface area contributed by atoms with Crippen LogP contribution in [0.5, 0.6) is 0 Å². The smallest absolute Gasteiger partial charge is 0.195 e. The second kappa shape index (κ2) is 5.78. The lowest BCUT2D eigenvalue weighted by molar-refractivity contribution is 0.105. The van der Waals surface area contributed by atoms with Crippen molar-refractivity contribution < 1.29 is 9.18 Å². The summed E-state index contributed by atoms with van der Waals surface area (Å²) in [6, 6.07) is 7.92. The molecule has 0 bridgehead atoms. The molecule has 0 atom stereocenters. The maximum atomic E-state index is 13.0. The molecule has 1 heterocycles. The van der Waals surface area contributed by atoms with Crippen molar-refractivity contribution >= 4 is 50.7 Å². The molecule has 2 rings (SSSR count). The molecule has 18 heavy (non-hydrogen) atoms. The minimum Gasteiger partial charge on any atom is -0.288 e. The fourth-order valence-corrected chi connectivity index (χ4v) is 2.68. The standard InChI is InChI=1S/C13H7BrClFOS/c14-9-7-8(1-3-10(9)16)2-4-11(17)12-5-6-13(15)18-12/h1-7H/b4-2+. The first-order valence-electron chi connectivity index (χ1n) is 4.99. The lowest BCUT2D eigenvalue weighted by atomic mass is 10.2. The Bertz CT molecular complexity index is 621.